The van der Waals surface area contributed by atoms with Gasteiger partial charge in [0.1, 0.15) is 5.56 Å². The monoisotopic (exact) mass is 195 g/mol. The fourth-order valence-electron chi connectivity index (χ4n) is 0.981. The summed E-state index contributed by atoms with van der Waals surface area (Å²) < 4.78 is 9.90. The number of ether oxygens (including phenoxy) is 2. The quantitative estimate of drug-likeness (QED) is 0.685. The van der Waals surface area contributed by atoms with Crippen molar-refractivity contribution in [3.05, 3.63) is 23.9 Å². The predicted molar refractivity (Wildman–Crippen MR) is 51.4 cm³/mol. The van der Waals surface area contributed by atoms with E-state index in [0.29, 0.717) is 18.1 Å². The average Bonchev–Trinajstić information content (AvgIpc) is 2.25. The molecule has 0 bridgehead atoms. The van der Waals surface area contributed by atoms with E-state index >= 15 is 0 Å². The lowest BCUT2D eigenvalue weighted by molar-refractivity contribution is 0.0500. The molecule has 1 rings (SSSR count). The summed E-state index contributed by atoms with van der Waals surface area (Å²) in [5.74, 6) is -0.0922. The number of rotatable bonds is 4. The van der Waals surface area contributed by atoms with Crippen LogP contribution in [0.25, 0.3) is 0 Å². The van der Waals surface area contributed by atoms with E-state index in [1.54, 1.807) is 18.3 Å². The summed E-state index contributed by atoms with van der Waals surface area (Å²) in [7, 11) is 1.47. The molecule has 76 valence electrons. The fraction of sp³-hybridized carbons (Fsp3) is 0.400. The molecule has 14 heavy (non-hydrogen) atoms. The Hall–Kier alpha value is -1.58. The lowest BCUT2D eigenvalue weighted by Crippen LogP contribution is -2.08. The van der Waals surface area contributed by atoms with Crippen molar-refractivity contribution in [3.8, 4) is 5.88 Å². The molecule has 0 N–H and O–H groups in total. The number of nitrogens with zero attached hydrogens (tertiary/aromatic N) is 1. The molecular formula is C10H13NO3. The summed E-state index contributed by atoms with van der Waals surface area (Å²) in [6.07, 6.45) is 2.36. The highest BCUT2D eigenvalue weighted by Gasteiger charge is 2.13. The average molecular weight is 195 g/mol. The second-order valence-electron chi connectivity index (χ2n) is 2.70. The Kier molecular flexibility index (Phi) is 3.91. The molecule has 0 aliphatic carbocycles. The highest BCUT2D eigenvalue weighted by Crippen LogP contribution is 2.14. The number of hydrogen-bond acceptors (Lipinski definition) is 4. The Labute approximate surface area is 82.9 Å². The molecule has 0 unspecified atom stereocenters. The van der Waals surface area contributed by atoms with Crippen molar-refractivity contribution >= 4 is 5.97 Å². The number of hydrogen-bond donors (Lipinski definition) is 0. The zero-order valence-corrected chi connectivity index (χ0v) is 8.32. The number of aromatic nitrogens is 1. The summed E-state index contributed by atoms with van der Waals surface area (Å²) in [5, 5.41) is 0. The zero-order chi connectivity index (χ0) is 10.4. The van der Waals surface area contributed by atoms with Gasteiger partial charge in [0.15, 0.2) is 0 Å². The molecule has 1 heterocycles. The van der Waals surface area contributed by atoms with Gasteiger partial charge in [0, 0.05) is 6.20 Å². The fourth-order valence-corrected chi connectivity index (χ4v) is 0.981. The Morgan fingerprint density at radius 2 is 2.36 bits per heavy atom. The molecule has 4 heteroatoms. The molecule has 0 aliphatic rings. The molecule has 4 nitrogen and oxygen atoms in total. The third-order valence-electron chi connectivity index (χ3n) is 1.62. The van der Waals surface area contributed by atoms with Crippen LogP contribution in [0.2, 0.25) is 0 Å². The third-order valence-corrected chi connectivity index (χ3v) is 1.62. The summed E-state index contributed by atoms with van der Waals surface area (Å²) in [6.45, 7) is 2.35. The topological polar surface area (TPSA) is 48.4 Å². The molecule has 0 spiro atoms. The molecule has 0 atom stereocenters. The highest BCUT2D eigenvalue weighted by atomic mass is 16.5. The van der Waals surface area contributed by atoms with Gasteiger partial charge in [-0.3, -0.25) is 0 Å². The SMILES string of the molecule is CCCOC(=O)c1cccnc1OC. The molecule has 1 aromatic rings. The highest BCUT2D eigenvalue weighted by molar-refractivity contribution is 5.91. The van der Waals surface area contributed by atoms with Gasteiger partial charge >= 0.3 is 5.97 Å². The van der Waals surface area contributed by atoms with E-state index < -0.39 is 5.97 Å². The van der Waals surface area contributed by atoms with Crippen molar-refractivity contribution in [2.24, 2.45) is 0 Å². The van der Waals surface area contributed by atoms with Gasteiger partial charge in [-0.2, -0.15) is 0 Å². The maximum absolute atomic E-state index is 11.4. The molecular weight excluding hydrogens is 182 g/mol. The van der Waals surface area contributed by atoms with E-state index in [9.17, 15) is 4.79 Å². The van der Waals surface area contributed by atoms with Gasteiger partial charge in [0.2, 0.25) is 5.88 Å². The van der Waals surface area contributed by atoms with Crippen molar-refractivity contribution < 1.29 is 14.3 Å². The third kappa shape index (κ3) is 2.45. The van der Waals surface area contributed by atoms with Crippen LogP contribution in [0.1, 0.15) is 23.7 Å². The van der Waals surface area contributed by atoms with Crippen molar-refractivity contribution in [2.75, 3.05) is 13.7 Å². The second-order valence-corrected chi connectivity index (χ2v) is 2.70. The van der Waals surface area contributed by atoms with Crippen LogP contribution in [0.4, 0.5) is 0 Å². The van der Waals surface area contributed by atoms with Gasteiger partial charge < -0.3 is 9.47 Å². The van der Waals surface area contributed by atoms with E-state index in [1.807, 2.05) is 6.92 Å². The number of carbonyl (C=O) groups excluding carboxylic acids is 1. The summed E-state index contributed by atoms with van der Waals surface area (Å²) in [5.41, 5.74) is 0.364. The van der Waals surface area contributed by atoms with Gasteiger partial charge in [-0.15, -0.1) is 0 Å². The first-order valence-electron chi connectivity index (χ1n) is 4.45. The lowest BCUT2D eigenvalue weighted by atomic mass is 10.3. The number of pyridine rings is 1. The summed E-state index contributed by atoms with van der Waals surface area (Å²) in [4.78, 5) is 15.3. The van der Waals surface area contributed by atoms with Crippen LogP contribution in [-0.2, 0) is 4.74 Å². The maximum atomic E-state index is 11.4. The van der Waals surface area contributed by atoms with Crippen LogP contribution in [0.3, 0.4) is 0 Å². The Balaban J connectivity index is 2.78. The van der Waals surface area contributed by atoms with E-state index in [2.05, 4.69) is 4.98 Å². The molecule has 1 aromatic heterocycles. The Morgan fingerprint density at radius 3 is 3.00 bits per heavy atom. The van der Waals surface area contributed by atoms with Crippen LogP contribution in [0, 0.1) is 0 Å². The van der Waals surface area contributed by atoms with Crippen LogP contribution in [0.15, 0.2) is 18.3 Å². The first-order valence-corrected chi connectivity index (χ1v) is 4.45. The van der Waals surface area contributed by atoms with Crippen molar-refractivity contribution in [1.82, 2.24) is 4.98 Å². The Bertz CT molecular complexity index is 312. The molecule has 0 fully saturated rings. The van der Waals surface area contributed by atoms with Crippen molar-refractivity contribution in [3.63, 3.8) is 0 Å². The summed E-state index contributed by atoms with van der Waals surface area (Å²) >= 11 is 0. The molecule has 0 saturated carbocycles. The van der Waals surface area contributed by atoms with Gasteiger partial charge in [-0.25, -0.2) is 9.78 Å². The number of methoxy groups -OCH3 is 1. The largest absolute Gasteiger partial charge is 0.480 e. The normalized spacial score (nSPS) is 9.57. The minimum atomic E-state index is -0.392. The smallest absolute Gasteiger partial charge is 0.343 e. The minimum Gasteiger partial charge on any atom is -0.480 e. The van der Waals surface area contributed by atoms with E-state index in [0.717, 1.165) is 6.42 Å². The number of esters is 1. The summed E-state index contributed by atoms with van der Waals surface area (Å²) in [6, 6.07) is 3.30. The van der Waals surface area contributed by atoms with Crippen LogP contribution in [0.5, 0.6) is 5.88 Å². The molecule has 0 radical (unpaired) electrons. The van der Waals surface area contributed by atoms with E-state index in [4.69, 9.17) is 9.47 Å². The van der Waals surface area contributed by atoms with Crippen molar-refractivity contribution in [2.45, 2.75) is 13.3 Å². The van der Waals surface area contributed by atoms with Gasteiger partial charge in [-0.1, -0.05) is 6.92 Å². The molecule has 0 saturated heterocycles. The zero-order valence-electron chi connectivity index (χ0n) is 8.32. The van der Waals surface area contributed by atoms with Crippen LogP contribution in [-0.4, -0.2) is 24.7 Å². The molecule has 0 amide bonds. The van der Waals surface area contributed by atoms with Gasteiger partial charge in [-0.05, 0) is 18.6 Å². The van der Waals surface area contributed by atoms with Gasteiger partial charge in [0.25, 0.3) is 0 Å². The lowest BCUT2D eigenvalue weighted by Gasteiger charge is -2.06. The predicted octanol–water partition coefficient (Wildman–Crippen LogP) is 1.66. The molecule has 0 aliphatic heterocycles. The second kappa shape index (κ2) is 5.21. The Morgan fingerprint density at radius 1 is 1.57 bits per heavy atom. The standard InChI is InChI=1S/C10H13NO3/c1-3-7-14-10(12)8-5-4-6-11-9(8)13-2/h4-6H,3,7H2,1-2H3. The van der Waals surface area contributed by atoms with Gasteiger partial charge in [0.05, 0.1) is 13.7 Å². The van der Waals surface area contributed by atoms with E-state index in [1.165, 1.54) is 7.11 Å². The van der Waals surface area contributed by atoms with E-state index in [-0.39, 0.29) is 0 Å². The first-order chi connectivity index (χ1) is 6.79. The van der Waals surface area contributed by atoms with Crippen LogP contribution >= 0.6 is 0 Å². The number of carbonyl (C=O) groups is 1. The van der Waals surface area contributed by atoms with Crippen LogP contribution < -0.4 is 4.74 Å². The molecule has 0 aromatic carbocycles. The minimum absolute atomic E-state index is 0.300. The van der Waals surface area contributed by atoms with Crippen molar-refractivity contribution in [1.29, 1.82) is 0 Å². The first kappa shape index (κ1) is 10.5. The maximum Gasteiger partial charge on any atom is 0.343 e.